The first-order valence-corrected chi connectivity index (χ1v) is 6.40. The number of nitrogens with two attached hydrogens (primary N) is 1. The van der Waals surface area contributed by atoms with Gasteiger partial charge in [-0.2, -0.15) is 0 Å². The normalized spacial score (nSPS) is 11.9. The second kappa shape index (κ2) is 6.09. The number of anilines is 2. The number of nitrogens with zero attached hydrogens (tertiary/aromatic N) is 1. The number of nitrogen functional groups attached to an aromatic ring is 1. The van der Waals surface area contributed by atoms with Gasteiger partial charge in [-0.1, -0.05) is 12.1 Å². The summed E-state index contributed by atoms with van der Waals surface area (Å²) in [6.45, 7) is 4.64. The third-order valence-corrected chi connectivity index (χ3v) is 2.83. The van der Waals surface area contributed by atoms with E-state index in [-0.39, 0.29) is 6.04 Å². The largest absolute Gasteiger partial charge is 0.490 e. The molecule has 1 aromatic carbocycles. The summed E-state index contributed by atoms with van der Waals surface area (Å²) in [7, 11) is 0. The van der Waals surface area contributed by atoms with Crippen molar-refractivity contribution in [2.45, 2.75) is 19.9 Å². The summed E-state index contributed by atoms with van der Waals surface area (Å²) in [6.07, 6.45) is 1.75. The van der Waals surface area contributed by atoms with Crippen LogP contribution in [0.4, 0.5) is 11.5 Å². The van der Waals surface area contributed by atoms with Crippen molar-refractivity contribution >= 4 is 11.5 Å². The van der Waals surface area contributed by atoms with E-state index in [9.17, 15) is 0 Å². The molecule has 4 heteroatoms. The lowest BCUT2D eigenvalue weighted by Crippen LogP contribution is -2.09. The molecule has 2 rings (SSSR count). The summed E-state index contributed by atoms with van der Waals surface area (Å²) < 4.78 is 5.55. The van der Waals surface area contributed by atoms with E-state index in [4.69, 9.17) is 10.5 Å². The van der Waals surface area contributed by atoms with Crippen LogP contribution in [0.2, 0.25) is 0 Å². The molecule has 1 aromatic heterocycles. The van der Waals surface area contributed by atoms with Gasteiger partial charge in [-0.15, -0.1) is 0 Å². The fraction of sp³-hybridized carbons (Fsp3) is 0.267. The van der Waals surface area contributed by atoms with Crippen molar-refractivity contribution in [3.8, 4) is 5.75 Å². The molecule has 4 nitrogen and oxygen atoms in total. The number of pyridine rings is 1. The Morgan fingerprint density at radius 3 is 2.89 bits per heavy atom. The molecule has 19 heavy (non-hydrogen) atoms. The lowest BCUT2D eigenvalue weighted by atomic mass is 10.1. The molecular weight excluding hydrogens is 238 g/mol. The molecule has 0 amide bonds. The first-order chi connectivity index (χ1) is 9.20. The van der Waals surface area contributed by atoms with Crippen molar-refractivity contribution in [3.05, 3.63) is 48.2 Å². The van der Waals surface area contributed by atoms with E-state index < -0.39 is 0 Å². The standard InChI is InChI=1S/C15H19N3O/c1-3-19-14-8-5-9-17-15(14)18-11(2)12-6-4-7-13(16)10-12/h4-11H,3,16H2,1-2H3,(H,17,18). The van der Waals surface area contributed by atoms with Gasteiger partial charge in [-0.05, 0) is 43.7 Å². The lowest BCUT2D eigenvalue weighted by molar-refractivity contribution is 0.340. The molecule has 2 aromatic rings. The fourth-order valence-corrected chi connectivity index (χ4v) is 1.89. The van der Waals surface area contributed by atoms with Crippen LogP contribution in [0, 0.1) is 0 Å². The van der Waals surface area contributed by atoms with Crippen LogP contribution >= 0.6 is 0 Å². The van der Waals surface area contributed by atoms with Gasteiger partial charge in [0.05, 0.1) is 12.6 Å². The summed E-state index contributed by atoms with van der Waals surface area (Å²) in [6, 6.07) is 11.7. The van der Waals surface area contributed by atoms with Gasteiger partial charge in [-0.3, -0.25) is 0 Å². The molecule has 0 spiro atoms. The van der Waals surface area contributed by atoms with Crippen LogP contribution < -0.4 is 15.8 Å². The van der Waals surface area contributed by atoms with E-state index in [0.29, 0.717) is 6.61 Å². The third kappa shape index (κ3) is 3.37. The average Bonchev–Trinajstić information content (AvgIpc) is 2.41. The van der Waals surface area contributed by atoms with Gasteiger partial charge in [0, 0.05) is 11.9 Å². The van der Waals surface area contributed by atoms with Crippen molar-refractivity contribution in [2.75, 3.05) is 17.7 Å². The number of aromatic nitrogens is 1. The van der Waals surface area contributed by atoms with Crippen molar-refractivity contribution in [1.82, 2.24) is 4.98 Å². The van der Waals surface area contributed by atoms with Crippen LogP contribution in [-0.2, 0) is 0 Å². The first-order valence-electron chi connectivity index (χ1n) is 6.40. The van der Waals surface area contributed by atoms with E-state index >= 15 is 0 Å². The highest BCUT2D eigenvalue weighted by Gasteiger charge is 2.10. The number of ether oxygens (including phenoxy) is 1. The molecular formula is C15H19N3O. The number of hydrogen-bond acceptors (Lipinski definition) is 4. The Bertz CT molecular complexity index is 542. The van der Waals surface area contributed by atoms with Crippen molar-refractivity contribution in [1.29, 1.82) is 0 Å². The second-order valence-corrected chi connectivity index (χ2v) is 4.32. The molecule has 0 aliphatic heterocycles. The van der Waals surface area contributed by atoms with Gasteiger partial charge in [0.1, 0.15) is 0 Å². The van der Waals surface area contributed by atoms with E-state index in [2.05, 4.69) is 17.2 Å². The zero-order chi connectivity index (χ0) is 13.7. The van der Waals surface area contributed by atoms with E-state index in [1.54, 1.807) is 6.20 Å². The Hall–Kier alpha value is -2.23. The predicted octanol–water partition coefficient (Wildman–Crippen LogP) is 3.24. The lowest BCUT2D eigenvalue weighted by Gasteiger charge is -2.17. The zero-order valence-electron chi connectivity index (χ0n) is 11.3. The molecule has 0 aliphatic rings. The minimum absolute atomic E-state index is 0.109. The minimum Gasteiger partial charge on any atom is -0.490 e. The third-order valence-electron chi connectivity index (χ3n) is 2.83. The second-order valence-electron chi connectivity index (χ2n) is 4.32. The van der Waals surface area contributed by atoms with Crippen LogP contribution in [0.1, 0.15) is 25.5 Å². The first kappa shape index (κ1) is 13.2. The van der Waals surface area contributed by atoms with Gasteiger partial charge in [0.15, 0.2) is 11.6 Å². The van der Waals surface area contributed by atoms with Gasteiger partial charge < -0.3 is 15.8 Å². The summed E-state index contributed by atoms with van der Waals surface area (Å²) >= 11 is 0. The zero-order valence-corrected chi connectivity index (χ0v) is 11.3. The number of hydrogen-bond donors (Lipinski definition) is 2. The van der Waals surface area contributed by atoms with Crippen LogP contribution in [0.15, 0.2) is 42.6 Å². The Balaban J connectivity index is 2.16. The highest BCUT2D eigenvalue weighted by molar-refractivity contribution is 5.52. The quantitative estimate of drug-likeness (QED) is 0.807. The number of rotatable bonds is 5. The molecule has 0 bridgehead atoms. The van der Waals surface area contributed by atoms with E-state index in [1.807, 2.05) is 43.3 Å². The monoisotopic (exact) mass is 257 g/mol. The maximum absolute atomic E-state index is 5.80. The number of nitrogens with one attached hydrogen (secondary N) is 1. The van der Waals surface area contributed by atoms with Crippen molar-refractivity contribution in [2.24, 2.45) is 0 Å². The van der Waals surface area contributed by atoms with E-state index in [1.165, 1.54) is 0 Å². The van der Waals surface area contributed by atoms with Crippen LogP contribution in [0.5, 0.6) is 5.75 Å². The Labute approximate surface area is 113 Å². The summed E-state index contributed by atoms with van der Waals surface area (Å²) in [5.41, 5.74) is 7.68. The summed E-state index contributed by atoms with van der Waals surface area (Å²) in [5.74, 6) is 1.51. The Morgan fingerprint density at radius 2 is 2.16 bits per heavy atom. The van der Waals surface area contributed by atoms with Crippen LogP contribution in [0.3, 0.4) is 0 Å². The topological polar surface area (TPSA) is 60.2 Å². The molecule has 0 fully saturated rings. The SMILES string of the molecule is CCOc1cccnc1NC(C)c1cccc(N)c1. The molecule has 0 radical (unpaired) electrons. The number of benzene rings is 1. The highest BCUT2D eigenvalue weighted by atomic mass is 16.5. The predicted molar refractivity (Wildman–Crippen MR) is 78.3 cm³/mol. The minimum atomic E-state index is 0.109. The van der Waals surface area contributed by atoms with Gasteiger partial charge in [-0.25, -0.2) is 4.98 Å². The van der Waals surface area contributed by atoms with Gasteiger partial charge in [0.25, 0.3) is 0 Å². The Morgan fingerprint density at radius 1 is 1.32 bits per heavy atom. The van der Waals surface area contributed by atoms with Crippen LogP contribution in [-0.4, -0.2) is 11.6 Å². The molecule has 1 atom stereocenters. The van der Waals surface area contributed by atoms with Crippen molar-refractivity contribution < 1.29 is 4.74 Å². The summed E-state index contributed by atoms with van der Waals surface area (Å²) in [5, 5.41) is 3.35. The smallest absolute Gasteiger partial charge is 0.169 e. The van der Waals surface area contributed by atoms with Gasteiger partial charge >= 0.3 is 0 Å². The fourth-order valence-electron chi connectivity index (χ4n) is 1.89. The molecule has 1 heterocycles. The van der Waals surface area contributed by atoms with Gasteiger partial charge in [0.2, 0.25) is 0 Å². The average molecular weight is 257 g/mol. The van der Waals surface area contributed by atoms with Crippen molar-refractivity contribution in [3.63, 3.8) is 0 Å². The van der Waals surface area contributed by atoms with Crippen LogP contribution in [0.25, 0.3) is 0 Å². The summed E-state index contributed by atoms with van der Waals surface area (Å²) in [4.78, 5) is 4.32. The molecule has 0 saturated heterocycles. The molecule has 0 saturated carbocycles. The maximum atomic E-state index is 5.80. The highest BCUT2D eigenvalue weighted by Crippen LogP contribution is 2.26. The molecule has 100 valence electrons. The molecule has 1 unspecified atom stereocenters. The molecule has 3 N–H and O–H groups in total. The van der Waals surface area contributed by atoms with E-state index in [0.717, 1.165) is 22.8 Å². The molecule has 0 aliphatic carbocycles. The maximum Gasteiger partial charge on any atom is 0.169 e. The Kier molecular flexibility index (Phi) is 4.23.